The standard InChI is InChI=1S/C22H18N2O5S/c1-29-21-11-10-17(13-19(21)24(27)28)23-22(26)16-8-5-9-18(12-16)30-14-20(25)15-6-3-2-4-7-15/h2-13H,14H2,1H3,(H,23,26). The number of nitrogens with one attached hydrogen (secondary N) is 1. The van der Waals surface area contributed by atoms with Crippen LogP contribution in [0.3, 0.4) is 0 Å². The first-order valence-electron chi connectivity index (χ1n) is 8.93. The highest BCUT2D eigenvalue weighted by Gasteiger charge is 2.17. The molecule has 30 heavy (non-hydrogen) atoms. The van der Waals surface area contributed by atoms with Crippen LogP contribution < -0.4 is 10.1 Å². The maximum atomic E-state index is 12.6. The minimum atomic E-state index is -0.574. The number of carbonyl (C=O) groups is 2. The van der Waals surface area contributed by atoms with Gasteiger partial charge in [0, 0.05) is 27.8 Å². The number of benzene rings is 3. The summed E-state index contributed by atoms with van der Waals surface area (Å²) in [7, 11) is 1.34. The van der Waals surface area contributed by atoms with Gasteiger partial charge in [-0.25, -0.2) is 0 Å². The van der Waals surface area contributed by atoms with Crippen molar-refractivity contribution < 1.29 is 19.2 Å². The van der Waals surface area contributed by atoms with E-state index < -0.39 is 10.8 Å². The van der Waals surface area contributed by atoms with E-state index in [0.29, 0.717) is 11.1 Å². The Morgan fingerprint density at radius 1 is 1.00 bits per heavy atom. The lowest BCUT2D eigenvalue weighted by molar-refractivity contribution is -0.385. The summed E-state index contributed by atoms with van der Waals surface area (Å²) in [4.78, 5) is 36.2. The van der Waals surface area contributed by atoms with Gasteiger partial charge in [-0.3, -0.25) is 19.7 Å². The van der Waals surface area contributed by atoms with E-state index in [1.54, 1.807) is 30.3 Å². The molecule has 0 aliphatic heterocycles. The molecule has 3 aromatic rings. The van der Waals surface area contributed by atoms with Crippen LogP contribution in [-0.2, 0) is 0 Å². The van der Waals surface area contributed by atoms with Crippen LogP contribution in [0.1, 0.15) is 20.7 Å². The molecular formula is C22H18N2O5S. The van der Waals surface area contributed by atoms with E-state index in [2.05, 4.69) is 5.32 Å². The maximum absolute atomic E-state index is 12.6. The van der Waals surface area contributed by atoms with Crippen LogP contribution in [0.4, 0.5) is 11.4 Å². The van der Waals surface area contributed by atoms with Crippen molar-refractivity contribution in [2.75, 3.05) is 18.2 Å². The molecule has 0 unspecified atom stereocenters. The van der Waals surface area contributed by atoms with Gasteiger partial charge in [0.05, 0.1) is 17.8 Å². The lowest BCUT2D eigenvalue weighted by Gasteiger charge is -2.08. The number of thioether (sulfide) groups is 1. The molecule has 0 aliphatic carbocycles. The molecule has 8 heteroatoms. The van der Waals surface area contributed by atoms with E-state index in [0.717, 1.165) is 4.90 Å². The largest absolute Gasteiger partial charge is 0.490 e. The summed E-state index contributed by atoms with van der Waals surface area (Å²) >= 11 is 1.34. The van der Waals surface area contributed by atoms with Gasteiger partial charge in [-0.1, -0.05) is 36.4 Å². The van der Waals surface area contributed by atoms with Crippen molar-refractivity contribution in [2.45, 2.75) is 4.90 Å². The van der Waals surface area contributed by atoms with E-state index in [-0.39, 0.29) is 28.7 Å². The van der Waals surface area contributed by atoms with Gasteiger partial charge in [0.2, 0.25) is 0 Å². The van der Waals surface area contributed by atoms with Crippen molar-refractivity contribution in [2.24, 2.45) is 0 Å². The highest BCUT2D eigenvalue weighted by Crippen LogP contribution is 2.30. The smallest absolute Gasteiger partial charge is 0.312 e. The zero-order valence-corrected chi connectivity index (χ0v) is 16.8. The molecule has 0 atom stereocenters. The minimum absolute atomic E-state index is 0.000923. The zero-order chi connectivity index (χ0) is 21.5. The third-order valence-electron chi connectivity index (χ3n) is 4.20. The molecule has 3 aromatic carbocycles. The fraction of sp³-hybridized carbons (Fsp3) is 0.0909. The lowest BCUT2D eigenvalue weighted by Crippen LogP contribution is -2.12. The highest BCUT2D eigenvalue weighted by atomic mass is 32.2. The molecule has 3 rings (SSSR count). The molecule has 0 aromatic heterocycles. The van der Waals surface area contributed by atoms with E-state index in [1.165, 1.54) is 37.1 Å². The van der Waals surface area contributed by atoms with Crippen LogP contribution in [-0.4, -0.2) is 29.5 Å². The van der Waals surface area contributed by atoms with E-state index in [9.17, 15) is 19.7 Å². The van der Waals surface area contributed by atoms with Crippen molar-refractivity contribution in [3.63, 3.8) is 0 Å². The molecule has 0 spiro atoms. The third-order valence-corrected chi connectivity index (χ3v) is 5.19. The Labute approximate surface area is 177 Å². The molecule has 0 bridgehead atoms. The summed E-state index contributed by atoms with van der Waals surface area (Å²) in [6.45, 7) is 0. The van der Waals surface area contributed by atoms with Gasteiger partial charge < -0.3 is 10.1 Å². The van der Waals surface area contributed by atoms with Gasteiger partial charge in [-0.05, 0) is 30.3 Å². The molecule has 0 saturated heterocycles. The van der Waals surface area contributed by atoms with Gasteiger partial charge in [-0.2, -0.15) is 0 Å². The Morgan fingerprint density at radius 3 is 2.43 bits per heavy atom. The molecular weight excluding hydrogens is 404 g/mol. The number of nitro benzene ring substituents is 1. The average Bonchev–Trinajstić information content (AvgIpc) is 2.78. The molecule has 1 amide bonds. The molecule has 0 fully saturated rings. The number of ketones is 1. The predicted octanol–water partition coefficient (Wildman–Crippen LogP) is 4.83. The Kier molecular flexibility index (Phi) is 6.82. The van der Waals surface area contributed by atoms with E-state index in [1.807, 2.05) is 24.3 Å². The van der Waals surface area contributed by atoms with E-state index in [4.69, 9.17) is 4.74 Å². The predicted molar refractivity (Wildman–Crippen MR) is 116 cm³/mol. The molecule has 1 N–H and O–H groups in total. The zero-order valence-electron chi connectivity index (χ0n) is 16.0. The quantitative estimate of drug-likeness (QED) is 0.242. The number of Topliss-reactive ketones (excluding diaryl/α,β-unsaturated/α-hetero) is 1. The van der Waals surface area contributed by atoms with Crippen LogP contribution in [0.15, 0.2) is 77.7 Å². The van der Waals surface area contributed by atoms with Crippen molar-refractivity contribution >= 4 is 34.8 Å². The van der Waals surface area contributed by atoms with Gasteiger partial charge in [0.1, 0.15) is 0 Å². The Hall–Kier alpha value is -3.65. The molecule has 7 nitrogen and oxygen atoms in total. The number of amides is 1. The van der Waals surface area contributed by atoms with Crippen molar-refractivity contribution in [3.8, 4) is 5.75 Å². The number of rotatable bonds is 8. The van der Waals surface area contributed by atoms with Gasteiger partial charge in [-0.15, -0.1) is 11.8 Å². The fourth-order valence-corrected chi connectivity index (χ4v) is 3.55. The van der Waals surface area contributed by atoms with E-state index >= 15 is 0 Å². The van der Waals surface area contributed by atoms with Gasteiger partial charge >= 0.3 is 5.69 Å². The number of anilines is 1. The van der Waals surface area contributed by atoms with Crippen LogP contribution in [0, 0.1) is 10.1 Å². The first kappa shape index (κ1) is 21.1. The Morgan fingerprint density at radius 2 is 1.73 bits per heavy atom. The monoisotopic (exact) mass is 422 g/mol. The molecule has 0 heterocycles. The van der Waals surface area contributed by atoms with Crippen LogP contribution in [0.25, 0.3) is 0 Å². The average molecular weight is 422 g/mol. The van der Waals surface area contributed by atoms with Crippen molar-refractivity contribution in [1.82, 2.24) is 0 Å². The van der Waals surface area contributed by atoms with Gasteiger partial charge in [0.15, 0.2) is 11.5 Å². The first-order chi connectivity index (χ1) is 14.5. The second-order valence-electron chi connectivity index (χ2n) is 6.20. The molecule has 0 saturated carbocycles. The number of hydrogen-bond acceptors (Lipinski definition) is 6. The van der Waals surface area contributed by atoms with Crippen molar-refractivity contribution in [1.29, 1.82) is 0 Å². The summed E-state index contributed by atoms with van der Waals surface area (Å²) in [5.41, 5.74) is 1.06. The summed E-state index contributed by atoms with van der Waals surface area (Å²) in [5, 5.41) is 13.8. The number of nitrogens with zero attached hydrogens (tertiary/aromatic N) is 1. The molecule has 0 radical (unpaired) electrons. The number of nitro groups is 1. The third kappa shape index (κ3) is 5.24. The second-order valence-corrected chi connectivity index (χ2v) is 7.25. The number of hydrogen-bond donors (Lipinski definition) is 1. The van der Waals surface area contributed by atoms with Gasteiger partial charge in [0.25, 0.3) is 5.91 Å². The maximum Gasteiger partial charge on any atom is 0.312 e. The fourth-order valence-electron chi connectivity index (χ4n) is 2.70. The number of carbonyl (C=O) groups excluding carboxylic acids is 2. The summed E-state index contributed by atoms with van der Waals surface area (Å²) < 4.78 is 4.96. The van der Waals surface area contributed by atoms with Crippen LogP contribution in [0.2, 0.25) is 0 Å². The van der Waals surface area contributed by atoms with Crippen LogP contribution >= 0.6 is 11.8 Å². The number of ether oxygens (including phenoxy) is 1. The van der Waals surface area contributed by atoms with Crippen LogP contribution in [0.5, 0.6) is 5.75 Å². The Bertz CT molecular complexity index is 1090. The number of methoxy groups -OCH3 is 1. The Balaban J connectivity index is 1.68. The molecule has 152 valence electrons. The minimum Gasteiger partial charge on any atom is -0.490 e. The summed E-state index contributed by atoms with van der Waals surface area (Å²) in [5.74, 6) is -0.0495. The van der Waals surface area contributed by atoms with Crippen molar-refractivity contribution in [3.05, 3.63) is 94.0 Å². The topological polar surface area (TPSA) is 98.5 Å². The first-order valence-corrected chi connectivity index (χ1v) is 9.91. The summed E-state index contributed by atoms with van der Waals surface area (Å²) in [6, 6.07) is 20.1. The SMILES string of the molecule is COc1ccc(NC(=O)c2cccc(SCC(=O)c3ccccc3)c2)cc1[N+](=O)[O-]. The summed E-state index contributed by atoms with van der Waals surface area (Å²) in [6.07, 6.45) is 0. The second kappa shape index (κ2) is 9.71. The highest BCUT2D eigenvalue weighted by molar-refractivity contribution is 8.00. The normalized spacial score (nSPS) is 10.3. The molecule has 0 aliphatic rings. The lowest BCUT2D eigenvalue weighted by atomic mass is 10.2.